The molecule has 4 nitrogen and oxygen atoms in total. The maximum Gasteiger partial charge on any atom is 0.230 e. The van der Waals surface area contributed by atoms with Gasteiger partial charge in [0, 0.05) is 12.7 Å². The topological polar surface area (TPSA) is 53.3 Å². The van der Waals surface area contributed by atoms with Crippen molar-refractivity contribution in [1.29, 1.82) is 5.26 Å². The van der Waals surface area contributed by atoms with Crippen LogP contribution in [-0.4, -0.2) is 19.6 Å². The molecule has 1 amide bonds. The quantitative estimate of drug-likeness (QED) is 0.846. The number of rotatable bonds is 5. The van der Waals surface area contributed by atoms with Crippen LogP contribution in [0, 0.1) is 11.3 Å². The molecular formula is C17H16N2O2. The highest BCUT2D eigenvalue weighted by molar-refractivity contribution is 5.93. The van der Waals surface area contributed by atoms with E-state index >= 15 is 0 Å². The predicted molar refractivity (Wildman–Crippen MR) is 81.1 cm³/mol. The summed E-state index contributed by atoms with van der Waals surface area (Å²) in [4.78, 5) is 13.6. The molecule has 0 bridgehead atoms. The van der Waals surface area contributed by atoms with Crippen LogP contribution >= 0.6 is 0 Å². The summed E-state index contributed by atoms with van der Waals surface area (Å²) in [6.07, 6.45) is 0.280. The van der Waals surface area contributed by atoms with E-state index < -0.39 is 0 Å². The molecule has 2 rings (SSSR count). The van der Waals surface area contributed by atoms with E-state index in [2.05, 4.69) is 6.07 Å². The molecular weight excluding hydrogens is 264 g/mol. The Morgan fingerprint density at radius 3 is 2.67 bits per heavy atom. The molecule has 0 aromatic heterocycles. The van der Waals surface area contributed by atoms with Crippen molar-refractivity contribution >= 4 is 11.6 Å². The van der Waals surface area contributed by atoms with Gasteiger partial charge in [0.1, 0.15) is 5.75 Å². The standard InChI is InChI=1S/C17H16N2O2/c1-19(15-7-5-6-14(12-15)13-18)17(20)10-11-21-16-8-3-2-4-9-16/h2-9,12H,10-11H2,1H3. The highest BCUT2D eigenvalue weighted by Gasteiger charge is 2.11. The minimum atomic E-state index is -0.0546. The molecule has 4 heteroatoms. The van der Waals surface area contributed by atoms with Crippen LogP contribution < -0.4 is 9.64 Å². The van der Waals surface area contributed by atoms with Gasteiger partial charge >= 0.3 is 0 Å². The van der Waals surface area contributed by atoms with Gasteiger partial charge in [-0.25, -0.2) is 0 Å². The van der Waals surface area contributed by atoms with Gasteiger partial charge in [0.25, 0.3) is 0 Å². The van der Waals surface area contributed by atoms with E-state index in [1.165, 1.54) is 4.90 Å². The van der Waals surface area contributed by atoms with Crippen LogP contribution in [0.2, 0.25) is 0 Å². The fraction of sp³-hybridized carbons (Fsp3) is 0.176. The van der Waals surface area contributed by atoms with Crippen LogP contribution in [0.15, 0.2) is 54.6 Å². The molecule has 0 aliphatic rings. The summed E-state index contributed by atoms with van der Waals surface area (Å²) >= 11 is 0. The summed E-state index contributed by atoms with van der Waals surface area (Å²) in [5.41, 5.74) is 1.24. The van der Waals surface area contributed by atoms with E-state index in [0.717, 1.165) is 5.75 Å². The van der Waals surface area contributed by atoms with E-state index in [0.29, 0.717) is 17.9 Å². The molecule has 0 spiro atoms. The largest absolute Gasteiger partial charge is 0.493 e. The Labute approximate surface area is 124 Å². The average molecular weight is 280 g/mol. The van der Waals surface area contributed by atoms with E-state index in [1.807, 2.05) is 30.3 Å². The number of hydrogen-bond acceptors (Lipinski definition) is 3. The van der Waals surface area contributed by atoms with Gasteiger partial charge < -0.3 is 9.64 Å². The summed E-state index contributed by atoms with van der Waals surface area (Å²) in [5, 5.41) is 8.88. The predicted octanol–water partition coefficient (Wildman–Crippen LogP) is 2.99. The number of amides is 1. The molecule has 21 heavy (non-hydrogen) atoms. The fourth-order valence-electron chi connectivity index (χ4n) is 1.87. The SMILES string of the molecule is CN(C(=O)CCOc1ccccc1)c1cccc(C#N)c1. The maximum absolute atomic E-state index is 12.1. The number of carbonyl (C=O) groups is 1. The number of hydrogen-bond donors (Lipinski definition) is 0. The third-order valence-corrected chi connectivity index (χ3v) is 3.06. The summed E-state index contributed by atoms with van der Waals surface area (Å²) in [7, 11) is 1.70. The van der Waals surface area contributed by atoms with Gasteiger partial charge in [-0.3, -0.25) is 4.79 Å². The van der Waals surface area contributed by atoms with Crippen molar-refractivity contribution in [3.63, 3.8) is 0 Å². The molecule has 2 aromatic rings. The van der Waals surface area contributed by atoms with Crippen LogP contribution in [0.4, 0.5) is 5.69 Å². The Hall–Kier alpha value is -2.80. The fourth-order valence-corrected chi connectivity index (χ4v) is 1.87. The first kappa shape index (κ1) is 14.6. The third kappa shape index (κ3) is 4.08. The second-order valence-electron chi connectivity index (χ2n) is 4.53. The molecule has 2 aromatic carbocycles. The Kier molecular flexibility index (Phi) is 4.94. The molecule has 0 aliphatic carbocycles. The summed E-state index contributed by atoms with van der Waals surface area (Å²) in [6, 6.07) is 18.4. The van der Waals surface area contributed by atoms with Crippen LogP contribution in [-0.2, 0) is 4.79 Å². The average Bonchev–Trinajstić information content (AvgIpc) is 2.55. The molecule has 0 heterocycles. The number of anilines is 1. The van der Waals surface area contributed by atoms with Crippen molar-refractivity contribution in [3.05, 3.63) is 60.2 Å². The molecule has 0 radical (unpaired) electrons. The molecule has 0 fully saturated rings. The van der Waals surface area contributed by atoms with Crippen LogP contribution in [0.3, 0.4) is 0 Å². The van der Waals surface area contributed by atoms with Gasteiger partial charge in [0.2, 0.25) is 5.91 Å². The molecule has 0 unspecified atom stereocenters. The normalized spacial score (nSPS) is 9.71. The zero-order chi connectivity index (χ0) is 15.1. The summed E-state index contributed by atoms with van der Waals surface area (Å²) < 4.78 is 5.51. The Morgan fingerprint density at radius 1 is 1.19 bits per heavy atom. The minimum Gasteiger partial charge on any atom is -0.493 e. The molecule has 0 atom stereocenters. The lowest BCUT2D eigenvalue weighted by molar-refractivity contribution is -0.118. The van der Waals surface area contributed by atoms with E-state index in [-0.39, 0.29) is 12.3 Å². The van der Waals surface area contributed by atoms with Gasteiger partial charge in [0.05, 0.1) is 24.7 Å². The van der Waals surface area contributed by atoms with Crippen LogP contribution in [0.25, 0.3) is 0 Å². The number of nitriles is 1. The Morgan fingerprint density at radius 2 is 1.95 bits per heavy atom. The Bertz CT molecular complexity index is 647. The monoisotopic (exact) mass is 280 g/mol. The summed E-state index contributed by atoms with van der Waals surface area (Å²) in [6.45, 7) is 0.325. The lowest BCUT2D eigenvalue weighted by Gasteiger charge is -2.17. The third-order valence-electron chi connectivity index (χ3n) is 3.06. The minimum absolute atomic E-state index is 0.0546. The molecule has 0 aliphatic heterocycles. The molecule has 0 saturated heterocycles. The Balaban J connectivity index is 1.89. The van der Waals surface area contributed by atoms with Crippen molar-refractivity contribution in [3.8, 4) is 11.8 Å². The zero-order valence-electron chi connectivity index (χ0n) is 11.8. The second kappa shape index (κ2) is 7.11. The van der Waals surface area contributed by atoms with Crippen LogP contribution in [0.5, 0.6) is 5.75 Å². The number of para-hydroxylation sites is 1. The van der Waals surface area contributed by atoms with Crippen molar-refractivity contribution in [1.82, 2.24) is 0 Å². The van der Waals surface area contributed by atoms with Crippen molar-refractivity contribution in [2.75, 3.05) is 18.6 Å². The first-order valence-electron chi connectivity index (χ1n) is 6.65. The highest BCUT2D eigenvalue weighted by atomic mass is 16.5. The molecule has 106 valence electrons. The van der Waals surface area contributed by atoms with Gasteiger partial charge in [-0.2, -0.15) is 5.26 Å². The highest BCUT2D eigenvalue weighted by Crippen LogP contribution is 2.15. The summed E-state index contributed by atoms with van der Waals surface area (Å²) in [5.74, 6) is 0.695. The second-order valence-corrected chi connectivity index (χ2v) is 4.53. The number of benzene rings is 2. The van der Waals surface area contributed by atoms with Crippen LogP contribution in [0.1, 0.15) is 12.0 Å². The van der Waals surface area contributed by atoms with Gasteiger partial charge in [-0.15, -0.1) is 0 Å². The van der Waals surface area contributed by atoms with Gasteiger partial charge in [-0.05, 0) is 30.3 Å². The van der Waals surface area contributed by atoms with Crippen molar-refractivity contribution < 1.29 is 9.53 Å². The van der Waals surface area contributed by atoms with E-state index in [9.17, 15) is 4.79 Å². The van der Waals surface area contributed by atoms with Gasteiger partial charge in [-0.1, -0.05) is 24.3 Å². The van der Waals surface area contributed by atoms with E-state index in [4.69, 9.17) is 10.00 Å². The first-order chi connectivity index (χ1) is 10.2. The molecule has 0 saturated carbocycles. The lowest BCUT2D eigenvalue weighted by atomic mass is 10.2. The molecule has 0 N–H and O–H groups in total. The number of ether oxygens (including phenoxy) is 1. The first-order valence-corrected chi connectivity index (χ1v) is 6.65. The number of nitrogens with zero attached hydrogens (tertiary/aromatic N) is 2. The lowest BCUT2D eigenvalue weighted by Crippen LogP contribution is -2.27. The van der Waals surface area contributed by atoms with Crippen molar-refractivity contribution in [2.24, 2.45) is 0 Å². The zero-order valence-corrected chi connectivity index (χ0v) is 11.8. The van der Waals surface area contributed by atoms with Crippen molar-refractivity contribution in [2.45, 2.75) is 6.42 Å². The smallest absolute Gasteiger partial charge is 0.230 e. The van der Waals surface area contributed by atoms with Gasteiger partial charge in [0.15, 0.2) is 0 Å². The van der Waals surface area contributed by atoms with E-state index in [1.54, 1.807) is 31.3 Å². The maximum atomic E-state index is 12.1. The number of carbonyl (C=O) groups excluding carboxylic acids is 1.